The standard InChI is InChI=1S/C15H22N4O/c1-2-13-15(20)17-8-9-19(13)14-11(4-3-7-16-14)10-18-12-5-6-12/h3-4,7,12-13,18H,2,5-6,8-10H2,1H3,(H,17,20). The van der Waals surface area contributed by atoms with Gasteiger partial charge in [-0.1, -0.05) is 13.0 Å². The molecule has 2 heterocycles. The molecule has 5 heteroatoms. The Morgan fingerprint density at radius 3 is 3.10 bits per heavy atom. The highest BCUT2D eigenvalue weighted by molar-refractivity contribution is 5.86. The molecule has 5 nitrogen and oxygen atoms in total. The van der Waals surface area contributed by atoms with Gasteiger partial charge in [0.1, 0.15) is 11.9 Å². The largest absolute Gasteiger partial charge is 0.353 e. The molecule has 3 rings (SSSR count). The van der Waals surface area contributed by atoms with Gasteiger partial charge in [-0.05, 0) is 25.3 Å². The van der Waals surface area contributed by atoms with Gasteiger partial charge >= 0.3 is 0 Å². The van der Waals surface area contributed by atoms with E-state index in [0.717, 1.165) is 25.3 Å². The third-order valence-corrected chi connectivity index (χ3v) is 4.02. The molecule has 1 aromatic heterocycles. The Hall–Kier alpha value is -1.62. The summed E-state index contributed by atoms with van der Waals surface area (Å²) in [6, 6.07) is 4.66. The number of pyridine rings is 1. The topological polar surface area (TPSA) is 57.3 Å². The van der Waals surface area contributed by atoms with E-state index in [0.29, 0.717) is 12.6 Å². The van der Waals surface area contributed by atoms with Crippen molar-refractivity contribution in [3.8, 4) is 0 Å². The van der Waals surface area contributed by atoms with Crippen molar-refractivity contribution >= 4 is 11.7 Å². The summed E-state index contributed by atoms with van der Waals surface area (Å²) < 4.78 is 0. The number of hydrogen-bond donors (Lipinski definition) is 2. The minimum Gasteiger partial charge on any atom is -0.353 e. The first-order valence-electron chi connectivity index (χ1n) is 7.51. The zero-order valence-corrected chi connectivity index (χ0v) is 11.9. The molecule has 2 fully saturated rings. The molecule has 108 valence electrons. The molecule has 1 amide bonds. The van der Waals surface area contributed by atoms with Gasteiger partial charge in [-0.15, -0.1) is 0 Å². The van der Waals surface area contributed by atoms with E-state index < -0.39 is 0 Å². The monoisotopic (exact) mass is 274 g/mol. The van der Waals surface area contributed by atoms with Crippen molar-refractivity contribution in [2.75, 3.05) is 18.0 Å². The van der Waals surface area contributed by atoms with Crippen LogP contribution < -0.4 is 15.5 Å². The molecule has 0 aromatic carbocycles. The Balaban J connectivity index is 1.81. The summed E-state index contributed by atoms with van der Waals surface area (Å²) in [4.78, 5) is 18.7. The molecule has 0 spiro atoms. The number of nitrogens with one attached hydrogen (secondary N) is 2. The molecule has 0 bridgehead atoms. The fourth-order valence-corrected chi connectivity index (χ4v) is 2.74. The van der Waals surface area contributed by atoms with Crippen LogP contribution in [-0.2, 0) is 11.3 Å². The summed E-state index contributed by atoms with van der Waals surface area (Å²) in [5, 5.41) is 6.47. The maximum absolute atomic E-state index is 12.0. The maximum atomic E-state index is 12.0. The van der Waals surface area contributed by atoms with Crippen LogP contribution in [0.3, 0.4) is 0 Å². The van der Waals surface area contributed by atoms with Crippen molar-refractivity contribution in [1.82, 2.24) is 15.6 Å². The van der Waals surface area contributed by atoms with E-state index in [1.54, 1.807) is 0 Å². The number of rotatable bonds is 5. The van der Waals surface area contributed by atoms with Gasteiger partial charge in [0.2, 0.25) is 5.91 Å². The van der Waals surface area contributed by atoms with E-state index in [9.17, 15) is 4.79 Å². The average molecular weight is 274 g/mol. The molecule has 2 N–H and O–H groups in total. The van der Waals surface area contributed by atoms with Crippen LogP contribution in [-0.4, -0.2) is 36.1 Å². The minimum absolute atomic E-state index is 0.0988. The van der Waals surface area contributed by atoms with E-state index in [4.69, 9.17) is 0 Å². The lowest BCUT2D eigenvalue weighted by molar-refractivity contribution is -0.123. The lowest BCUT2D eigenvalue weighted by atomic mass is 10.1. The fraction of sp³-hybridized carbons (Fsp3) is 0.600. The van der Waals surface area contributed by atoms with Crippen LogP contribution in [0, 0.1) is 0 Å². The molecule has 20 heavy (non-hydrogen) atoms. The summed E-state index contributed by atoms with van der Waals surface area (Å²) >= 11 is 0. The van der Waals surface area contributed by atoms with Crippen LogP contribution >= 0.6 is 0 Å². The zero-order chi connectivity index (χ0) is 13.9. The number of carbonyl (C=O) groups excluding carboxylic acids is 1. The Labute approximate surface area is 119 Å². The predicted octanol–water partition coefficient (Wildman–Crippen LogP) is 1.05. The Morgan fingerprint density at radius 2 is 2.35 bits per heavy atom. The Bertz CT molecular complexity index is 487. The van der Waals surface area contributed by atoms with E-state index >= 15 is 0 Å². The molecule has 1 atom stereocenters. The Morgan fingerprint density at radius 1 is 1.50 bits per heavy atom. The normalized spacial score (nSPS) is 22.8. The van der Waals surface area contributed by atoms with Crippen LogP contribution in [0.1, 0.15) is 31.7 Å². The molecule has 1 aliphatic heterocycles. The lowest BCUT2D eigenvalue weighted by Crippen LogP contribution is -2.55. The number of amides is 1. The molecule has 1 unspecified atom stereocenters. The average Bonchev–Trinajstić information content (AvgIpc) is 3.29. The highest BCUT2D eigenvalue weighted by atomic mass is 16.2. The number of nitrogens with zero attached hydrogens (tertiary/aromatic N) is 2. The van der Waals surface area contributed by atoms with E-state index in [-0.39, 0.29) is 11.9 Å². The smallest absolute Gasteiger partial charge is 0.242 e. The number of carbonyl (C=O) groups is 1. The summed E-state index contributed by atoms with van der Waals surface area (Å²) in [5.74, 6) is 1.08. The second kappa shape index (κ2) is 5.79. The Kier molecular flexibility index (Phi) is 3.87. The first-order valence-corrected chi connectivity index (χ1v) is 7.51. The van der Waals surface area contributed by atoms with Gasteiger partial charge in [0.15, 0.2) is 0 Å². The quantitative estimate of drug-likeness (QED) is 0.842. The molecule has 1 saturated carbocycles. The maximum Gasteiger partial charge on any atom is 0.242 e. The highest BCUT2D eigenvalue weighted by Gasteiger charge is 2.30. The van der Waals surface area contributed by atoms with E-state index in [2.05, 4.69) is 26.6 Å². The van der Waals surface area contributed by atoms with Crippen LogP contribution in [0.5, 0.6) is 0 Å². The molecule has 2 aliphatic rings. The molecule has 0 radical (unpaired) electrons. The number of aromatic nitrogens is 1. The van der Waals surface area contributed by atoms with Crippen molar-refractivity contribution < 1.29 is 4.79 Å². The van der Waals surface area contributed by atoms with Crippen molar-refractivity contribution in [3.05, 3.63) is 23.9 Å². The fourth-order valence-electron chi connectivity index (χ4n) is 2.74. The van der Waals surface area contributed by atoms with Gasteiger partial charge in [-0.2, -0.15) is 0 Å². The van der Waals surface area contributed by atoms with Gasteiger partial charge in [-0.25, -0.2) is 4.98 Å². The van der Waals surface area contributed by atoms with Crippen molar-refractivity contribution in [3.63, 3.8) is 0 Å². The molecular weight excluding hydrogens is 252 g/mol. The van der Waals surface area contributed by atoms with Gasteiger partial charge in [-0.3, -0.25) is 4.79 Å². The van der Waals surface area contributed by atoms with Gasteiger partial charge in [0.05, 0.1) is 0 Å². The van der Waals surface area contributed by atoms with Crippen molar-refractivity contribution in [1.29, 1.82) is 0 Å². The number of anilines is 1. The third kappa shape index (κ3) is 2.77. The van der Waals surface area contributed by atoms with E-state index in [1.807, 2.05) is 19.2 Å². The summed E-state index contributed by atoms with van der Waals surface area (Å²) in [7, 11) is 0. The summed E-state index contributed by atoms with van der Waals surface area (Å²) in [5.41, 5.74) is 1.19. The predicted molar refractivity (Wildman–Crippen MR) is 78.5 cm³/mol. The zero-order valence-electron chi connectivity index (χ0n) is 11.9. The van der Waals surface area contributed by atoms with Crippen molar-refractivity contribution in [2.24, 2.45) is 0 Å². The van der Waals surface area contributed by atoms with Gasteiger partial charge in [0, 0.05) is 37.4 Å². The van der Waals surface area contributed by atoms with Gasteiger partial charge < -0.3 is 15.5 Å². The minimum atomic E-state index is -0.0988. The molecule has 1 saturated heterocycles. The highest BCUT2D eigenvalue weighted by Crippen LogP contribution is 2.24. The number of hydrogen-bond acceptors (Lipinski definition) is 4. The van der Waals surface area contributed by atoms with Gasteiger partial charge in [0.25, 0.3) is 0 Å². The molecular formula is C15H22N4O. The second-order valence-corrected chi connectivity index (χ2v) is 5.55. The SMILES string of the molecule is CCC1C(=O)NCCN1c1ncccc1CNC1CC1. The van der Waals surface area contributed by atoms with E-state index in [1.165, 1.54) is 18.4 Å². The van der Waals surface area contributed by atoms with Crippen molar-refractivity contribution in [2.45, 2.75) is 44.8 Å². The molecule has 1 aliphatic carbocycles. The summed E-state index contributed by atoms with van der Waals surface area (Å²) in [6.45, 7) is 4.41. The summed E-state index contributed by atoms with van der Waals surface area (Å²) in [6.07, 6.45) is 5.17. The third-order valence-electron chi connectivity index (χ3n) is 4.02. The van der Waals surface area contributed by atoms with Crippen LogP contribution in [0.2, 0.25) is 0 Å². The lowest BCUT2D eigenvalue weighted by Gasteiger charge is -2.36. The van der Waals surface area contributed by atoms with Crippen LogP contribution in [0.4, 0.5) is 5.82 Å². The first-order chi connectivity index (χ1) is 9.79. The number of piperazine rings is 1. The van der Waals surface area contributed by atoms with Crippen LogP contribution in [0.15, 0.2) is 18.3 Å². The van der Waals surface area contributed by atoms with Crippen LogP contribution in [0.25, 0.3) is 0 Å². The second-order valence-electron chi connectivity index (χ2n) is 5.55. The molecule has 1 aromatic rings. The first kappa shape index (κ1) is 13.4.